The van der Waals surface area contributed by atoms with Crippen molar-refractivity contribution in [2.24, 2.45) is 0 Å². The van der Waals surface area contributed by atoms with Crippen molar-refractivity contribution < 1.29 is 5.11 Å². The molecule has 0 aromatic heterocycles. The number of aliphatic hydroxyl groups is 1. The van der Waals surface area contributed by atoms with Gasteiger partial charge in [-0.2, -0.15) is 0 Å². The Morgan fingerprint density at radius 3 is 2.47 bits per heavy atom. The molecule has 1 rings (SSSR count). The van der Waals surface area contributed by atoms with Crippen LogP contribution in [-0.4, -0.2) is 17.8 Å². The summed E-state index contributed by atoms with van der Waals surface area (Å²) in [4.78, 5) is 0. The van der Waals surface area contributed by atoms with Crippen molar-refractivity contribution in [1.29, 1.82) is 0 Å². The first-order chi connectivity index (χ1) is 8.27. The SMILES string of the molecule is CCCCC(NC(C)CCO)c1ccccc1. The molecule has 2 N–H and O–H groups in total. The van der Waals surface area contributed by atoms with Gasteiger partial charge in [-0.3, -0.25) is 0 Å². The van der Waals surface area contributed by atoms with Crippen LogP contribution in [0.2, 0.25) is 0 Å². The summed E-state index contributed by atoms with van der Waals surface area (Å²) in [5.41, 5.74) is 1.35. The minimum absolute atomic E-state index is 0.253. The normalized spacial score (nSPS) is 14.5. The Labute approximate surface area is 105 Å². The number of aliphatic hydroxyl groups excluding tert-OH is 1. The summed E-state index contributed by atoms with van der Waals surface area (Å²) in [6, 6.07) is 11.4. The maximum absolute atomic E-state index is 8.96. The van der Waals surface area contributed by atoms with Crippen molar-refractivity contribution in [3.05, 3.63) is 35.9 Å². The van der Waals surface area contributed by atoms with Crippen molar-refractivity contribution in [2.75, 3.05) is 6.61 Å². The van der Waals surface area contributed by atoms with Crippen LogP contribution in [-0.2, 0) is 0 Å². The molecule has 2 nitrogen and oxygen atoms in total. The van der Waals surface area contributed by atoms with E-state index in [9.17, 15) is 0 Å². The topological polar surface area (TPSA) is 32.3 Å². The minimum Gasteiger partial charge on any atom is -0.396 e. The lowest BCUT2D eigenvalue weighted by Crippen LogP contribution is -2.31. The molecule has 0 spiro atoms. The van der Waals surface area contributed by atoms with E-state index in [0.717, 1.165) is 12.8 Å². The number of nitrogens with one attached hydrogen (secondary N) is 1. The summed E-state index contributed by atoms with van der Waals surface area (Å²) in [6.45, 7) is 4.61. The summed E-state index contributed by atoms with van der Waals surface area (Å²) < 4.78 is 0. The van der Waals surface area contributed by atoms with Crippen molar-refractivity contribution in [3.63, 3.8) is 0 Å². The number of hydrogen-bond donors (Lipinski definition) is 2. The van der Waals surface area contributed by atoms with Gasteiger partial charge in [-0.25, -0.2) is 0 Å². The molecule has 0 fully saturated rings. The van der Waals surface area contributed by atoms with Crippen LogP contribution in [0.3, 0.4) is 0 Å². The zero-order valence-corrected chi connectivity index (χ0v) is 11.0. The fraction of sp³-hybridized carbons (Fsp3) is 0.600. The van der Waals surface area contributed by atoms with E-state index in [2.05, 4.69) is 49.5 Å². The lowest BCUT2D eigenvalue weighted by atomic mass is 10.00. The lowest BCUT2D eigenvalue weighted by molar-refractivity contribution is 0.261. The molecule has 0 saturated carbocycles. The van der Waals surface area contributed by atoms with Crippen LogP contribution in [0.15, 0.2) is 30.3 Å². The number of benzene rings is 1. The largest absolute Gasteiger partial charge is 0.396 e. The van der Waals surface area contributed by atoms with Crippen LogP contribution < -0.4 is 5.32 Å². The molecule has 0 radical (unpaired) electrons. The molecule has 1 aromatic carbocycles. The van der Waals surface area contributed by atoms with Gasteiger partial charge in [0.05, 0.1) is 0 Å². The molecule has 0 amide bonds. The van der Waals surface area contributed by atoms with Crippen molar-refractivity contribution in [2.45, 2.75) is 51.6 Å². The maximum atomic E-state index is 8.96. The van der Waals surface area contributed by atoms with Gasteiger partial charge in [-0.05, 0) is 25.3 Å². The second-order valence-corrected chi connectivity index (χ2v) is 4.69. The smallest absolute Gasteiger partial charge is 0.0445 e. The second kappa shape index (κ2) is 8.26. The third kappa shape index (κ3) is 5.33. The zero-order valence-electron chi connectivity index (χ0n) is 11.0. The predicted molar refractivity (Wildman–Crippen MR) is 73.0 cm³/mol. The van der Waals surface area contributed by atoms with E-state index in [1.165, 1.54) is 18.4 Å². The summed E-state index contributed by atoms with van der Waals surface area (Å²) in [5, 5.41) is 12.6. The fourth-order valence-electron chi connectivity index (χ4n) is 2.06. The number of hydrogen-bond acceptors (Lipinski definition) is 2. The summed E-state index contributed by atoms with van der Waals surface area (Å²) >= 11 is 0. The zero-order chi connectivity index (χ0) is 12.5. The molecule has 2 unspecified atom stereocenters. The Hall–Kier alpha value is -0.860. The summed E-state index contributed by atoms with van der Waals surface area (Å²) in [5.74, 6) is 0. The van der Waals surface area contributed by atoms with E-state index in [1.807, 2.05) is 0 Å². The predicted octanol–water partition coefficient (Wildman–Crippen LogP) is 3.28. The number of rotatable bonds is 8. The van der Waals surface area contributed by atoms with Gasteiger partial charge < -0.3 is 10.4 Å². The average molecular weight is 235 g/mol. The third-order valence-electron chi connectivity index (χ3n) is 3.10. The van der Waals surface area contributed by atoms with Crippen LogP contribution in [0.1, 0.15) is 51.1 Å². The highest BCUT2D eigenvalue weighted by Crippen LogP contribution is 2.20. The first kappa shape index (κ1) is 14.2. The van der Waals surface area contributed by atoms with Gasteiger partial charge in [-0.1, -0.05) is 50.1 Å². The molecule has 0 saturated heterocycles. The Bertz CT molecular complexity index is 286. The van der Waals surface area contributed by atoms with Crippen LogP contribution >= 0.6 is 0 Å². The molecule has 0 aliphatic rings. The quantitative estimate of drug-likeness (QED) is 0.724. The third-order valence-corrected chi connectivity index (χ3v) is 3.10. The monoisotopic (exact) mass is 235 g/mol. The van der Waals surface area contributed by atoms with Crippen molar-refractivity contribution in [3.8, 4) is 0 Å². The molecule has 0 bridgehead atoms. The first-order valence-corrected chi connectivity index (χ1v) is 6.69. The van der Waals surface area contributed by atoms with Gasteiger partial charge in [-0.15, -0.1) is 0 Å². The molecule has 0 aliphatic carbocycles. The molecular weight excluding hydrogens is 210 g/mol. The van der Waals surface area contributed by atoms with E-state index in [1.54, 1.807) is 0 Å². The lowest BCUT2D eigenvalue weighted by Gasteiger charge is -2.23. The first-order valence-electron chi connectivity index (χ1n) is 6.69. The highest BCUT2D eigenvalue weighted by molar-refractivity contribution is 5.18. The van der Waals surface area contributed by atoms with Crippen LogP contribution in [0.25, 0.3) is 0 Å². The van der Waals surface area contributed by atoms with Crippen molar-refractivity contribution in [1.82, 2.24) is 5.32 Å². The fourth-order valence-corrected chi connectivity index (χ4v) is 2.06. The molecule has 17 heavy (non-hydrogen) atoms. The molecular formula is C15H25NO. The Morgan fingerprint density at radius 2 is 1.88 bits per heavy atom. The van der Waals surface area contributed by atoms with Crippen molar-refractivity contribution >= 4 is 0 Å². The van der Waals surface area contributed by atoms with E-state index < -0.39 is 0 Å². The summed E-state index contributed by atoms with van der Waals surface area (Å²) in [6.07, 6.45) is 4.43. The highest BCUT2D eigenvalue weighted by atomic mass is 16.3. The van der Waals surface area contributed by atoms with Gasteiger partial charge in [0.2, 0.25) is 0 Å². The van der Waals surface area contributed by atoms with E-state index >= 15 is 0 Å². The Kier molecular flexibility index (Phi) is 6.90. The van der Waals surface area contributed by atoms with E-state index in [4.69, 9.17) is 5.11 Å². The Morgan fingerprint density at radius 1 is 1.18 bits per heavy atom. The second-order valence-electron chi connectivity index (χ2n) is 4.69. The minimum atomic E-state index is 0.253. The molecule has 96 valence electrons. The van der Waals surface area contributed by atoms with E-state index in [0.29, 0.717) is 12.1 Å². The maximum Gasteiger partial charge on any atom is 0.0445 e. The van der Waals surface area contributed by atoms with Gasteiger partial charge in [0.15, 0.2) is 0 Å². The van der Waals surface area contributed by atoms with Crippen LogP contribution in [0.4, 0.5) is 0 Å². The Balaban J connectivity index is 2.60. The van der Waals surface area contributed by atoms with Crippen LogP contribution in [0.5, 0.6) is 0 Å². The molecule has 2 heteroatoms. The van der Waals surface area contributed by atoms with Gasteiger partial charge in [0, 0.05) is 18.7 Å². The number of unbranched alkanes of at least 4 members (excludes halogenated alkanes) is 1. The molecule has 1 aromatic rings. The standard InChI is InChI=1S/C15H25NO/c1-3-4-10-15(16-13(2)11-12-17)14-8-6-5-7-9-14/h5-9,13,15-17H,3-4,10-12H2,1-2H3. The van der Waals surface area contributed by atoms with Gasteiger partial charge in [0.25, 0.3) is 0 Å². The average Bonchev–Trinajstić information content (AvgIpc) is 2.36. The summed E-state index contributed by atoms with van der Waals surface area (Å²) in [7, 11) is 0. The van der Waals surface area contributed by atoms with Gasteiger partial charge in [0.1, 0.15) is 0 Å². The molecule has 0 heterocycles. The van der Waals surface area contributed by atoms with E-state index in [-0.39, 0.29) is 6.61 Å². The highest BCUT2D eigenvalue weighted by Gasteiger charge is 2.13. The van der Waals surface area contributed by atoms with Crippen LogP contribution in [0, 0.1) is 0 Å². The van der Waals surface area contributed by atoms with Gasteiger partial charge >= 0.3 is 0 Å². The molecule has 0 aliphatic heterocycles. The molecule has 2 atom stereocenters.